The quantitative estimate of drug-likeness (QED) is 0.865. The molecule has 100 valence electrons. The van der Waals surface area contributed by atoms with Gasteiger partial charge in [-0.25, -0.2) is 0 Å². The van der Waals surface area contributed by atoms with Gasteiger partial charge in [0.05, 0.1) is 6.61 Å². The van der Waals surface area contributed by atoms with Gasteiger partial charge in [0.15, 0.2) is 0 Å². The van der Waals surface area contributed by atoms with E-state index in [1.165, 1.54) is 17.5 Å². The third-order valence-corrected chi connectivity index (χ3v) is 3.73. The highest BCUT2D eigenvalue weighted by molar-refractivity contribution is 5.24. The molecule has 0 spiro atoms. The third kappa shape index (κ3) is 3.55. The Kier molecular flexibility index (Phi) is 4.75. The highest BCUT2D eigenvalue weighted by atomic mass is 16.5. The van der Waals surface area contributed by atoms with Crippen molar-refractivity contribution in [3.05, 3.63) is 35.4 Å². The van der Waals surface area contributed by atoms with Gasteiger partial charge in [0.1, 0.15) is 0 Å². The van der Waals surface area contributed by atoms with Crippen LogP contribution in [0.15, 0.2) is 24.3 Å². The average molecular weight is 248 g/mol. The summed E-state index contributed by atoms with van der Waals surface area (Å²) in [5.74, 6) is 0.681. The molecule has 0 saturated carbocycles. The van der Waals surface area contributed by atoms with Gasteiger partial charge in [-0.05, 0) is 31.4 Å². The first kappa shape index (κ1) is 13.5. The van der Waals surface area contributed by atoms with Crippen molar-refractivity contribution in [3.8, 4) is 0 Å². The van der Waals surface area contributed by atoms with Gasteiger partial charge in [0.2, 0.25) is 0 Å². The van der Waals surface area contributed by atoms with E-state index in [0.29, 0.717) is 5.92 Å². The monoisotopic (exact) mass is 248 g/mol. The topological polar surface area (TPSA) is 38.5 Å². The molecule has 1 aliphatic heterocycles. The second kappa shape index (κ2) is 6.32. The zero-order valence-corrected chi connectivity index (χ0v) is 11.4. The summed E-state index contributed by atoms with van der Waals surface area (Å²) in [5.41, 5.74) is 8.79. The van der Waals surface area contributed by atoms with Crippen molar-refractivity contribution in [2.75, 3.05) is 33.4 Å². The van der Waals surface area contributed by atoms with Crippen LogP contribution in [0.2, 0.25) is 0 Å². The minimum Gasteiger partial charge on any atom is -0.384 e. The van der Waals surface area contributed by atoms with Gasteiger partial charge in [-0.1, -0.05) is 29.8 Å². The van der Waals surface area contributed by atoms with E-state index in [4.69, 9.17) is 10.5 Å². The summed E-state index contributed by atoms with van der Waals surface area (Å²) >= 11 is 0. The molecule has 1 heterocycles. The molecule has 18 heavy (non-hydrogen) atoms. The van der Waals surface area contributed by atoms with E-state index in [9.17, 15) is 0 Å². The van der Waals surface area contributed by atoms with Crippen molar-refractivity contribution in [1.82, 2.24) is 4.90 Å². The first-order chi connectivity index (χ1) is 8.69. The number of nitrogens with zero attached hydrogens (tertiary/aromatic N) is 1. The van der Waals surface area contributed by atoms with Gasteiger partial charge in [-0.15, -0.1) is 0 Å². The lowest BCUT2D eigenvalue weighted by Crippen LogP contribution is -2.31. The molecule has 3 heteroatoms. The van der Waals surface area contributed by atoms with Crippen LogP contribution in [0.1, 0.15) is 23.6 Å². The van der Waals surface area contributed by atoms with Crippen molar-refractivity contribution in [3.63, 3.8) is 0 Å². The Morgan fingerprint density at radius 1 is 1.39 bits per heavy atom. The first-order valence-electron chi connectivity index (χ1n) is 6.72. The highest BCUT2D eigenvalue weighted by Crippen LogP contribution is 2.20. The molecule has 3 nitrogen and oxygen atoms in total. The number of likely N-dealkylation sites (tertiary alicyclic amines) is 1. The van der Waals surface area contributed by atoms with Crippen LogP contribution in [0, 0.1) is 12.8 Å². The van der Waals surface area contributed by atoms with E-state index in [1.807, 2.05) is 0 Å². The normalized spacial score (nSPS) is 22.3. The smallest absolute Gasteiger partial charge is 0.0503 e. The summed E-state index contributed by atoms with van der Waals surface area (Å²) in [5, 5.41) is 0. The number of nitrogens with two attached hydrogens (primary N) is 1. The van der Waals surface area contributed by atoms with Crippen molar-refractivity contribution < 1.29 is 4.74 Å². The van der Waals surface area contributed by atoms with E-state index in [2.05, 4.69) is 36.1 Å². The molecule has 0 aromatic heterocycles. The number of rotatable bonds is 5. The van der Waals surface area contributed by atoms with Gasteiger partial charge < -0.3 is 15.4 Å². The van der Waals surface area contributed by atoms with E-state index >= 15 is 0 Å². The number of aryl methyl sites for hydroxylation is 1. The maximum Gasteiger partial charge on any atom is 0.0503 e. The van der Waals surface area contributed by atoms with Crippen LogP contribution in [0.5, 0.6) is 0 Å². The Bertz CT molecular complexity index is 363. The molecule has 1 aliphatic rings. The average Bonchev–Trinajstić information content (AvgIpc) is 2.78. The molecule has 0 bridgehead atoms. The first-order valence-corrected chi connectivity index (χ1v) is 6.72. The van der Waals surface area contributed by atoms with Gasteiger partial charge >= 0.3 is 0 Å². The van der Waals surface area contributed by atoms with E-state index in [0.717, 1.165) is 26.2 Å². The third-order valence-electron chi connectivity index (χ3n) is 3.73. The summed E-state index contributed by atoms with van der Waals surface area (Å²) in [6, 6.07) is 8.66. The minimum atomic E-state index is 0.117. The van der Waals surface area contributed by atoms with Crippen LogP contribution in [-0.2, 0) is 4.74 Å². The van der Waals surface area contributed by atoms with Crippen LogP contribution in [0.25, 0.3) is 0 Å². The Labute approximate surface area is 110 Å². The largest absolute Gasteiger partial charge is 0.384 e. The summed E-state index contributed by atoms with van der Waals surface area (Å²) in [6.07, 6.45) is 1.23. The Morgan fingerprint density at radius 2 is 2.11 bits per heavy atom. The van der Waals surface area contributed by atoms with Crippen molar-refractivity contribution in [2.24, 2.45) is 11.7 Å². The van der Waals surface area contributed by atoms with Crippen molar-refractivity contribution in [2.45, 2.75) is 19.4 Å². The highest BCUT2D eigenvalue weighted by Gasteiger charge is 2.23. The van der Waals surface area contributed by atoms with Gasteiger partial charge in [-0.3, -0.25) is 0 Å². The molecule has 1 fully saturated rings. The van der Waals surface area contributed by atoms with Crippen LogP contribution in [0.3, 0.4) is 0 Å². The molecule has 1 aromatic carbocycles. The van der Waals surface area contributed by atoms with Crippen molar-refractivity contribution in [1.29, 1.82) is 0 Å². The molecule has 2 rings (SSSR count). The minimum absolute atomic E-state index is 0.117. The van der Waals surface area contributed by atoms with Crippen molar-refractivity contribution >= 4 is 0 Å². The van der Waals surface area contributed by atoms with E-state index in [1.54, 1.807) is 7.11 Å². The lowest BCUT2D eigenvalue weighted by atomic mass is 10.1. The molecule has 1 saturated heterocycles. The van der Waals surface area contributed by atoms with Crippen LogP contribution < -0.4 is 5.73 Å². The fraction of sp³-hybridized carbons (Fsp3) is 0.600. The number of ether oxygens (including phenoxy) is 1. The molecule has 2 unspecified atom stereocenters. The van der Waals surface area contributed by atoms with Gasteiger partial charge in [0, 0.05) is 26.2 Å². The lowest BCUT2D eigenvalue weighted by Gasteiger charge is -2.21. The predicted octanol–water partition coefficient (Wildman–Crippen LogP) is 1.96. The molecule has 0 radical (unpaired) electrons. The van der Waals surface area contributed by atoms with Crippen LogP contribution in [-0.4, -0.2) is 38.3 Å². The Balaban J connectivity index is 1.84. The fourth-order valence-electron chi connectivity index (χ4n) is 2.65. The lowest BCUT2D eigenvalue weighted by molar-refractivity contribution is 0.152. The van der Waals surface area contributed by atoms with E-state index < -0.39 is 0 Å². The summed E-state index contributed by atoms with van der Waals surface area (Å²) in [6.45, 7) is 6.19. The number of hydrogen-bond acceptors (Lipinski definition) is 3. The summed E-state index contributed by atoms with van der Waals surface area (Å²) < 4.78 is 5.22. The Morgan fingerprint density at radius 3 is 2.78 bits per heavy atom. The van der Waals surface area contributed by atoms with E-state index in [-0.39, 0.29) is 6.04 Å². The number of methoxy groups -OCH3 is 1. The zero-order chi connectivity index (χ0) is 13.0. The molecule has 2 N–H and O–H groups in total. The molecule has 0 aliphatic carbocycles. The summed E-state index contributed by atoms with van der Waals surface area (Å²) in [4.78, 5) is 2.45. The van der Waals surface area contributed by atoms with Gasteiger partial charge in [-0.2, -0.15) is 0 Å². The maximum absolute atomic E-state index is 6.27. The Hall–Kier alpha value is -0.900. The second-order valence-corrected chi connectivity index (χ2v) is 5.39. The predicted molar refractivity (Wildman–Crippen MR) is 74.5 cm³/mol. The standard InChI is InChI=1S/C15H24N2O/c1-12-3-5-14(6-4-12)15(16)10-17-8-7-13(9-17)11-18-2/h3-6,13,15H,7-11,16H2,1-2H3. The van der Waals surface area contributed by atoms with Crippen LogP contribution >= 0.6 is 0 Å². The fourth-order valence-corrected chi connectivity index (χ4v) is 2.65. The molecular formula is C15H24N2O. The van der Waals surface area contributed by atoms with Gasteiger partial charge in [0.25, 0.3) is 0 Å². The zero-order valence-electron chi connectivity index (χ0n) is 11.4. The molecular weight excluding hydrogens is 224 g/mol. The maximum atomic E-state index is 6.27. The number of hydrogen-bond donors (Lipinski definition) is 1. The molecule has 2 atom stereocenters. The number of benzene rings is 1. The molecule has 0 amide bonds. The second-order valence-electron chi connectivity index (χ2n) is 5.39. The van der Waals surface area contributed by atoms with Crippen LogP contribution in [0.4, 0.5) is 0 Å². The molecule has 1 aromatic rings. The summed E-state index contributed by atoms with van der Waals surface area (Å²) in [7, 11) is 1.78. The SMILES string of the molecule is COCC1CCN(CC(N)c2ccc(C)cc2)C1.